The quantitative estimate of drug-likeness (QED) is 0.240. The lowest BCUT2D eigenvalue weighted by Crippen LogP contribution is -2.19. The van der Waals surface area contributed by atoms with E-state index < -0.39 is 0 Å². The van der Waals surface area contributed by atoms with Gasteiger partial charge in [0.1, 0.15) is 12.4 Å². The number of aromatic nitrogens is 2. The van der Waals surface area contributed by atoms with Crippen molar-refractivity contribution in [2.24, 2.45) is 5.10 Å². The Bertz CT molecular complexity index is 1090. The molecule has 168 valence electrons. The third-order valence-electron chi connectivity index (χ3n) is 4.33. The molecule has 0 atom stereocenters. The van der Waals surface area contributed by atoms with Crippen molar-refractivity contribution >= 4 is 56.3 Å². The van der Waals surface area contributed by atoms with Gasteiger partial charge >= 0.3 is 0 Å². The molecule has 0 saturated carbocycles. The number of nitrogen functional groups attached to an aromatic ring is 1. The number of carbonyl (C=O) groups excluding carboxylic acids is 1. The van der Waals surface area contributed by atoms with E-state index in [4.69, 9.17) is 10.5 Å². The highest BCUT2D eigenvalue weighted by atomic mass is 79.9. The molecule has 1 heterocycles. The van der Waals surface area contributed by atoms with Crippen molar-refractivity contribution in [3.05, 3.63) is 63.6 Å². The molecule has 0 saturated heterocycles. The molecule has 0 bridgehead atoms. The van der Waals surface area contributed by atoms with Crippen LogP contribution in [0.4, 0.5) is 5.13 Å². The van der Waals surface area contributed by atoms with Crippen LogP contribution in [-0.4, -0.2) is 28.1 Å². The minimum Gasteiger partial charge on any atom is -0.488 e. The van der Waals surface area contributed by atoms with Crippen molar-refractivity contribution in [1.82, 2.24) is 15.6 Å². The van der Waals surface area contributed by atoms with E-state index in [0.717, 1.165) is 15.6 Å². The average Bonchev–Trinajstić information content (AvgIpc) is 3.16. The number of hydrogen-bond donors (Lipinski definition) is 2. The SMILES string of the molecule is CC(C)(C)c1ccc(COc2ccc(Br)cc2C=NNC(=O)CSc2nnc(N)s2)cc1. The number of nitrogens with two attached hydrogens (primary N) is 1. The third kappa shape index (κ3) is 7.32. The van der Waals surface area contributed by atoms with Crippen molar-refractivity contribution in [2.45, 2.75) is 37.1 Å². The first-order valence-corrected chi connectivity index (χ1v) is 12.4. The average molecular weight is 535 g/mol. The van der Waals surface area contributed by atoms with Crippen LogP contribution in [0.2, 0.25) is 0 Å². The van der Waals surface area contributed by atoms with Crippen molar-refractivity contribution in [3.8, 4) is 5.75 Å². The maximum Gasteiger partial charge on any atom is 0.250 e. The third-order valence-corrected chi connectivity index (χ3v) is 6.71. The van der Waals surface area contributed by atoms with Gasteiger partial charge < -0.3 is 10.5 Å². The van der Waals surface area contributed by atoms with E-state index in [2.05, 4.69) is 81.7 Å². The number of rotatable bonds is 8. The monoisotopic (exact) mass is 533 g/mol. The Kier molecular flexibility index (Phi) is 8.27. The van der Waals surface area contributed by atoms with Gasteiger partial charge in [-0.1, -0.05) is 84.1 Å². The fourth-order valence-corrected chi connectivity index (χ4v) is 4.43. The first kappa shape index (κ1) is 24.2. The molecule has 1 aromatic heterocycles. The molecule has 0 spiro atoms. The lowest BCUT2D eigenvalue weighted by Gasteiger charge is -2.19. The summed E-state index contributed by atoms with van der Waals surface area (Å²) in [5.41, 5.74) is 11.3. The summed E-state index contributed by atoms with van der Waals surface area (Å²) in [6, 6.07) is 14.1. The summed E-state index contributed by atoms with van der Waals surface area (Å²) >= 11 is 5.96. The molecular formula is C22H24BrN5O2S2. The van der Waals surface area contributed by atoms with Crippen molar-refractivity contribution < 1.29 is 9.53 Å². The summed E-state index contributed by atoms with van der Waals surface area (Å²) in [7, 11) is 0. The molecule has 1 amide bonds. The highest BCUT2D eigenvalue weighted by Crippen LogP contribution is 2.25. The Hall–Kier alpha value is -2.43. The predicted octanol–water partition coefficient (Wildman–Crippen LogP) is 5.00. The van der Waals surface area contributed by atoms with E-state index >= 15 is 0 Å². The van der Waals surface area contributed by atoms with Gasteiger partial charge in [-0.25, -0.2) is 5.43 Å². The number of amides is 1. The molecule has 32 heavy (non-hydrogen) atoms. The lowest BCUT2D eigenvalue weighted by atomic mass is 9.87. The van der Waals surface area contributed by atoms with Gasteiger partial charge in [-0.05, 0) is 34.7 Å². The van der Waals surface area contributed by atoms with Crippen molar-refractivity contribution in [2.75, 3.05) is 11.5 Å². The van der Waals surface area contributed by atoms with Crippen molar-refractivity contribution in [1.29, 1.82) is 0 Å². The summed E-state index contributed by atoms with van der Waals surface area (Å²) in [5.74, 6) is 0.583. The van der Waals surface area contributed by atoms with Gasteiger partial charge in [0.15, 0.2) is 4.34 Å². The Morgan fingerprint density at radius 3 is 2.66 bits per heavy atom. The molecular weight excluding hydrogens is 510 g/mol. The van der Waals surface area contributed by atoms with E-state index in [9.17, 15) is 4.79 Å². The zero-order chi connectivity index (χ0) is 23.1. The molecule has 3 N–H and O–H groups in total. The Morgan fingerprint density at radius 2 is 2.00 bits per heavy atom. The van der Waals surface area contributed by atoms with Gasteiger partial charge in [0.2, 0.25) is 5.13 Å². The van der Waals surface area contributed by atoms with Crippen molar-refractivity contribution in [3.63, 3.8) is 0 Å². The molecule has 0 fully saturated rings. The summed E-state index contributed by atoms with van der Waals surface area (Å²) in [6.07, 6.45) is 1.56. The zero-order valence-corrected chi connectivity index (χ0v) is 21.2. The molecule has 0 aliphatic rings. The van der Waals surface area contributed by atoms with Gasteiger partial charge in [0, 0.05) is 10.0 Å². The second-order valence-electron chi connectivity index (χ2n) is 7.91. The van der Waals surface area contributed by atoms with Crippen LogP contribution in [0, 0.1) is 0 Å². The second-order valence-corrected chi connectivity index (χ2v) is 11.1. The number of nitrogens with zero attached hydrogens (tertiary/aromatic N) is 3. The minimum absolute atomic E-state index is 0.113. The maximum atomic E-state index is 12.0. The number of hydrogen-bond acceptors (Lipinski definition) is 8. The first-order chi connectivity index (χ1) is 15.2. The Morgan fingerprint density at radius 1 is 1.25 bits per heavy atom. The summed E-state index contributed by atoms with van der Waals surface area (Å²) < 4.78 is 7.54. The first-order valence-electron chi connectivity index (χ1n) is 9.76. The van der Waals surface area contributed by atoms with Crippen LogP contribution in [0.15, 0.2) is 56.4 Å². The van der Waals surface area contributed by atoms with Crippen LogP contribution < -0.4 is 15.9 Å². The zero-order valence-electron chi connectivity index (χ0n) is 18.0. The molecule has 0 aliphatic carbocycles. The summed E-state index contributed by atoms with van der Waals surface area (Å²) in [4.78, 5) is 12.0. The fraction of sp³-hybridized carbons (Fsp3) is 0.273. The molecule has 3 aromatic rings. The predicted molar refractivity (Wildman–Crippen MR) is 134 cm³/mol. The van der Waals surface area contributed by atoms with E-state index in [0.29, 0.717) is 21.8 Å². The van der Waals surface area contributed by atoms with Crippen LogP contribution in [0.5, 0.6) is 5.75 Å². The molecule has 3 rings (SSSR count). The second kappa shape index (κ2) is 10.9. The van der Waals surface area contributed by atoms with E-state index in [1.807, 2.05) is 18.2 Å². The van der Waals surface area contributed by atoms with Crippen LogP contribution in [0.1, 0.15) is 37.5 Å². The van der Waals surface area contributed by atoms with Gasteiger partial charge in [-0.2, -0.15) is 5.10 Å². The number of hydrazone groups is 1. The molecule has 0 unspecified atom stereocenters. The highest BCUT2D eigenvalue weighted by molar-refractivity contribution is 9.10. The van der Waals surface area contributed by atoms with E-state index in [1.165, 1.54) is 28.7 Å². The Labute approximate surface area is 204 Å². The highest BCUT2D eigenvalue weighted by Gasteiger charge is 2.13. The van der Waals surface area contributed by atoms with Crippen LogP contribution in [0.3, 0.4) is 0 Å². The van der Waals surface area contributed by atoms with E-state index in [1.54, 1.807) is 6.21 Å². The minimum atomic E-state index is -0.253. The molecule has 10 heteroatoms. The van der Waals surface area contributed by atoms with Crippen LogP contribution in [-0.2, 0) is 16.8 Å². The maximum absolute atomic E-state index is 12.0. The molecule has 0 aliphatic heterocycles. The van der Waals surface area contributed by atoms with Gasteiger partial charge in [-0.3, -0.25) is 4.79 Å². The number of thioether (sulfide) groups is 1. The van der Waals surface area contributed by atoms with Gasteiger partial charge in [-0.15, -0.1) is 10.2 Å². The number of carbonyl (C=O) groups is 1. The summed E-state index contributed by atoms with van der Waals surface area (Å²) in [6.45, 7) is 7.00. The molecule has 0 radical (unpaired) electrons. The Balaban J connectivity index is 1.57. The normalized spacial score (nSPS) is 11.6. The standard InChI is InChI=1S/C22H24BrN5O2S2/c1-22(2,3)16-6-4-14(5-7-16)12-30-18-9-8-17(23)10-15(18)11-25-26-19(29)13-31-21-28-27-20(24)32-21/h4-11H,12-13H2,1-3H3,(H2,24,27)(H,26,29). The number of nitrogens with one attached hydrogen (secondary N) is 1. The molecule has 2 aromatic carbocycles. The molecule has 7 nitrogen and oxygen atoms in total. The summed E-state index contributed by atoms with van der Waals surface area (Å²) in [5, 5.41) is 12.0. The lowest BCUT2D eigenvalue weighted by molar-refractivity contribution is -0.118. The van der Waals surface area contributed by atoms with Crippen LogP contribution in [0.25, 0.3) is 0 Å². The number of halogens is 1. The fourth-order valence-electron chi connectivity index (χ4n) is 2.63. The van der Waals surface area contributed by atoms with Crippen LogP contribution >= 0.6 is 39.0 Å². The number of benzene rings is 2. The topological polar surface area (TPSA) is 102 Å². The number of ether oxygens (including phenoxy) is 1. The number of anilines is 1. The van der Waals surface area contributed by atoms with E-state index in [-0.39, 0.29) is 17.1 Å². The van der Waals surface area contributed by atoms with Gasteiger partial charge in [0.05, 0.1) is 12.0 Å². The smallest absolute Gasteiger partial charge is 0.250 e. The largest absolute Gasteiger partial charge is 0.488 e. The van der Waals surface area contributed by atoms with Gasteiger partial charge in [0.25, 0.3) is 5.91 Å².